The van der Waals surface area contributed by atoms with E-state index in [1.54, 1.807) is 30.3 Å². The molecule has 2 aromatic carbocycles. The van der Waals surface area contributed by atoms with Gasteiger partial charge in [0.1, 0.15) is 11.9 Å². The number of benzene rings is 2. The molecule has 150 valence electrons. The first-order chi connectivity index (χ1) is 13.4. The van der Waals surface area contributed by atoms with Gasteiger partial charge in [-0.05, 0) is 48.4 Å². The van der Waals surface area contributed by atoms with E-state index >= 15 is 0 Å². The number of ether oxygens (including phenoxy) is 3. The summed E-state index contributed by atoms with van der Waals surface area (Å²) in [5, 5.41) is 3.10. The molecule has 0 bridgehead atoms. The second kappa shape index (κ2) is 10.5. The predicted molar refractivity (Wildman–Crippen MR) is 106 cm³/mol. The predicted octanol–water partition coefficient (Wildman–Crippen LogP) is 3.30. The number of amides is 2. The van der Waals surface area contributed by atoms with Gasteiger partial charge >= 0.3 is 6.09 Å². The Balaban J connectivity index is 2.34. The molecule has 0 aliphatic carbocycles. The Labute approximate surface area is 168 Å². The van der Waals surface area contributed by atoms with Gasteiger partial charge in [-0.1, -0.05) is 23.7 Å². The van der Waals surface area contributed by atoms with E-state index in [1.165, 1.54) is 7.11 Å². The minimum Gasteiger partial charge on any atom is -0.494 e. The van der Waals surface area contributed by atoms with E-state index in [-0.39, 0.29) is 13.2 Å². The number of primary amides is 1. The van der Waals surface area contributed by atoms with Gasteiger partial charge in [0.05, 0.1) is 20.3 Å². The summed E-state index contributed by atoms with van der Waals surface area (Å²) in [4.78, 5) is 22.9. The fourth-order valence-corrected chi connectivity index (χ4v) is 2.82. The maximum Gasteiger partial charge on any atom is 0.406 e. The van der Waals surface area contributed by atoms with Crippen LogP contribution in [-0.4, -0.2) is 38.9 Å². The van der Waals surface area contributed by atoms with Crippen LogP contribution in [0.1, 0.15) is 34.5 Å². The van der Waals surface area contributed by atoms with E-state index in [0.29, 0.717) is 28.5 Å². The number of rotatable bonds is 9. The molecule has 0 aliphatic rings. The summed E-state index contributed by atoms with van der Waals surface area (Å²) in [6.45, 7) is 2.74. The summed E-state index contributed by atoms with van der Waals surface area (Å²) in [5.41, 5.74) is 7.24. The first kappa shape index (κ1) is 21.5. The maximum atomic E-state index is 11.7. The lowest BCUT2D eigenvalue weighted by Gasteiger charge is -2.21. The van der Waals surface area contributed by atoms with E-state index in [0.717, 1.165) is 5.56 Å². The monoisotopic (exact) mass is 406 g/mol. The van der Waals surface area contributed by atoms with Crippen molar-refractivity contribution in [2.75, 3.05) is 26.9 Å². The molecule has 0 aromatic heterocycles. The molecular weight excluding hydrogens is 384 g/mol. The fourth-order valence-electron chi connectivity index (χ4n) is 2.62. The number of halogens is 1. The van der Waals surface area contributed by atoms with Gasteiger partial charge in [-0.25, -0.2) is 4.79 Å². The molecule has 2 rings (SSSR count). The molecule has 7 nitrogen and oxygen atoms in total. The highest BCUT2D eigenvalue weighted by Gasteiger charge is 2.19. The number of carbonyl (C=O) groups is 2. The van der Waals surface area contributed by atoms with Gasteiger partial charge < -0.3 is 25.3 Å². The minimum absolute atomic E-state index is 0.205. The van der Waals surface area contributed by atoms with Crippen molar-refractivity contribution in [3.63, 3.8) is 0 Å². The summed E-state index contributed by atoms with van der Waals surface area (Å²) in [5.74, 6) is -0.0582. The van der Waals surface area contributed by atoms with Gasteiger partial charge in [-0.2, -0.15) is 0 Å². The highest BCUT2D eigenvalue weighted by molar-refractivity contribution is 6.30. The van der Waals surface area contributed by atoms with E-state index in [9.17, 15) is 9.59 Å². The average Bonchev–Trinajstić information content (AvgIpc) is 2.67. The van der Waals surface area contributed by atoms with Gasteiger partial charge in [0.2, 0.25) is 5.91 Å². The number of nitrogens with two attached hydrogens (primary N) is 1. The second-order valence-electron chi connectivity index (χ2n) is 5.81. The topological polar surface area (TPSA) is 99.9 Å². The molecule has 1 unspecified atom stereocenters. The molecule has 0 radical (unpaired) electrons. The van der Waals surface area contributed by atoms with Gasteiger partial charge in [-0.15, -0.1) is 0 Å². The number of carbonyl (C=O) groups excluding carboxylic acids is 2. The van der Waals surface area contributed by atoms with Crippen molar-refractivity contribution in [3.8, 4) is 5.75 Å². The molecular formula is C20H23ClN2O5. The summed E-state index contributed by atoms with van der Waals surface area (Å²) >= 11 is 6.13. The Hall–Kier alpha value is -2.77. The zero-order chi connectivity index (χ0) is 20.5. The Morgan fingerprint density at radius 3 is 2.61 bits per heavy atom. The Morgan fingerprint density at radius 2 is 1.96 bits per heavy atom. The van der Waals surface area contributed by atoms with E-state index in [4.69, 9.17) is 26.8 Å². The molecule has 3 N–H and O–H groups in total. The van der Waals surface area contributed by atoms with Crippen LogP contribution in [0.15, 0.2) is 42.5 Å². The number of methoxy groups -OCH3 is 1. The van der Waals surface area contributed by atoms with Crippen LogP contribution in [0.3, 0.4) is 0 Å². The largest absolute Gasteiger partial charge is 0.494 e. The van der Waals surface area contributed by atoms with Crippen LogP contribution in [0.25, 0.3) is 0 Å². The van der Waals surface area contributed by atoms with Crippen LogP contribution in [-0.2, 0) is 9.47 Å². The molecule has 28 heavy (non-hydrogen) atoms. The second-order valence-corrected chi connectivity index (χ2v) is 6.25. The van der Waals surface area contributed by atoms with Crippen LogP contribution in [0, 0.1) is 0 Å². The Morgan fingerprint density at radius 1 is 1.18 bits per heavy atom. The van der Waals surface area contributed by atoms with Gasteiger partial charge in [0, 0.05) is 17.1 Å². The average molecular weight is 407 g/mol. The van der Waals surface area contributed by atoms with Gasteiger partial charge in [0.15, 0.2) is 0 Å². The SMILES string of the molecule is CCOc1cc(C(N)=O)cc(C(OCCNC(=O)OC)c2cccc(Cl)c2)c1. The summed E-state index contributed by atoms with van der Waals surface area (Å²) < 4.78 is 16.1. The van der Waals surface area contributed by atoms with Crippen molar-refractivity contribution in [2.24, 2.45) is 5.73 Å². The molecule has 2 aromatic rings. The molecule has 1 atom stereocenters. The van der Waals surface area contributed by atoms with Gasteiger partial charge in [-0.3, -0.25) is 4.79 Å². The molecule has 2 amide bonds. The molecule has 0 saturated heterocycles. The number of alkyl carbamates (subject to hydrolysis) is 1. The fraction of sp³-hybridized carbons (Fsp3) is 0.300. The summed E-state index contributed by atoms with van der Waals surface area (Å²) in [7, 11) is 1.29. The van der Waals surface area contributed by atoms with E-state index in [2.05, 4.69) is 10.1 Å². The number of hydrogen-bond acceptors (Lipinski definition) is 5. The Kier molecular flexibility index (Phi) is 8.10. The zero-order valence-corrected chi connectivity index (χ0v) is 16.5. The lowest BCUT2D eigenvalue weighted by Crippen LogP contribution is -2.27. The Bertz CT molecular complexity index is 828. The number of hydrogen-bond donors (Lipinski definition) is 2. The lowest BCUT2D eigenvalue weighted by atomic mass is 9.98. The molecule has 0 saturated carbocycles. The van der Waals surface area contributed by atoms with Crippen LogP contribution in [0.5, 0.6) is 5.75 Å². The van der Waals surface area contributed by atoms with Crippen molar-refractivity contribution in [1.29, 1.82) is 0 Å². The van der Waals surface area contributed by atoms with Crippen LogP contribution >= 0.6 is 11.6 Å². The van der Waals surface area contributed by atoms with Gasteiger partial charge in [0.25, 0.3) is 0 Å². The molecule has 0 spiro atoms. The third-order valence-corrected chi connectivity index (χ3v) is 4.05. The third-order valence-electron chi connectivity index (χ3n) is 3.82. The number of nitrogens with one attached hydrogen (secondary N) is 1. The van der Waals surface area contributed by atoms with Crippen molar-refractivity contribution >= 4 is 23.6 Å². The van der Waals surface area contributed by atoms with E-state index in [1.807, 2.05) is 19.1 Å². The first-order valence-corrected chi connectivity index (χ1v) is 9.08. The lowest BCUT2D eigenvalue weighted by molar-refractivity contribution is 0.0803. The van der Waals surface area contributed by atoms with Crippen LogP contribution in [0.2, 0.25) is 5.02 Å². The van der Waals surface area contributed by atoms with Crippen LogP contribution in [0.4, 0.5) is 4.79 Å². The highest BCUT2D eigenvalue weighted by Crippen LogP contribution is 2.31. The third kappa shape index (κ3) is 6.14. The standard InChI is InChI=1S/C20H23ClN2O5/c1-3-27-17-11-14(9-15(12-17)19(22)24)18(13-5-4-6-16(21)10-13)28-8-7-23-20(25)26-2/h4-6,9-12,18H,3,7-8H2,1-2H3,(H2,22,24)(H,23,25). The summed E-state index contributed by atoms with van der Waals surface area (Å²) in [6.07, 6.45) is -1.09. The van der Waals surface area contributed by atoms with Crippen molar-refractivity contribution in [3.05, 3.63) is 64.2 Å². The molecule has 0 heterocycles. The summed E-state index contributed by atoms with van der Waals surface area (Å²) in [6, 6.07) is 12.2. The van der Waals surface area contributed by atoms with E-state index < -0.39 is 18.1 Å². The maximum absolute atomic E-state index is 11.7. The smallest absolute Gasteiger partial charge is 0.406 e. The van der Waals surface area contributed by atoms with Crippen molar-refractivity contribution in [1.82, 2.24) is 5.32 Å². The van der Waals surface area contributed by atoms with Crippen molar-refractivity contribution < 1.29 is 23.8 Å². The quantitative estimate of drug-likeness (QED) is 0.622. The minimum atomic E-state index is -0.569. The normalized spacial score (nSPS) is 11.5. The molecule has 0 aliphatic heterocycles. The van der Waals surface area contributed by atoms with Crippen molar-refractivity contribution in [2.45, 2.75) is 13.0 Å². The van der Waals surface area contributed by atoms with Crippen LogP contribution < -0.4 is 15.8 Å². The molecule has 8 heteroatoms. The molecule has 0 fully saturated rings. The highest BCUT2D eigenvalue weighted by atomic mass is 35.5. The zero-order valence-electron chi connectivity index (χ0n) is 15.7. The first-order valence-electron chi connectivity index (χ1n) is 8.71.